The van der Waals surface area contributed by atoms with Crippen LogP contribution >= 0.6 is 23.5 Å². The highest BCUT2D eigenvalue weighted by atomic mass is 32.2. The van der Waals surface area contributed by atoms with Gasteiger partial charge in [-0.2, -0.15) is 0 Å². The monoisotopic (exact) mass is 398 g/mol. The predicted molar refractivity (Wildman–Crippen MR) is 93.8 cm³/mol. The fourth-order valence-corrected chi connectivity index (χ4v) is 3.22. The Morgan fingerprint density at radius 3 is 1.69 bits per heavy atom. The van der Waals surface area contributed by atoms with Crippen molar-refractivity contribution in [1.29, 1.82) is 0 Å². The van der Waals surface area contributed by atoms with Crippen LogP contribution < -0.4 is 0 Å². The Labute approximate surface area is 155 Å². The van der Waals surface area contributed by atoms with Crippen LogP contribution in [0.4, 0.5) is 17.6 Å². The standard InChI is InChI=1S/C18H10F4O2S2/c1-3-15(23)25-10-7-11(19)17(12(20)8-10)9-5-13(21)18(14(22)6-9)26-16(24)4-2/h3-8H,1-2H2. The van der Waals surface area contributed by atoms with Gasteiger partial charge in [-0.15, -0.1) is 0 Å². The van der Waals surface area contributed by atoms with E-state index in [1.165, 1.54) is 0 Å². The van der Waals surface area contributed by atoms with Crippen molar-refractivity contribution in [2.24, 2.45) is 0 Å². The molecule has 0 aliphatic rings. The molecule has 2 rings (SSSR count). The maximum atomic E-state index is 14.3. The molecule has 26 heavy (non-hydrogen) atoms. The fraction of sp³-hybridized carbons (Fsp3) is 0. The van der Waals surface area contributed by atoms with Gasteiger partial charge in [-0.1, -0.05) is 13.2 Å². The van der Waals surface area contributed by atoms with Crippen molar-refractivity contribution in [2.45, 2.75) is 9.79 Å². The lowest BCUT2D eigenvalue weighted by molar-refractivity contribution is -0.107. The molecular formula is C18H10F4O2S2. The Hall–Kier alpha value is -2.32. The molecule has 0 radical (unpaired) electrons. The Kier molecular flexibility index (Phi) is 6.44. The summed E-state index contributed by atoms with van der Waals surface area (Å²) in [7, 11) is 0. The summed E-state index contributed by atoms with van der Waals surface area (Å²) in [4.78, 5) is 21.9. The summed E-state index contributed by atoms with van der Waals surface area (Å²) >= 11 is 0.835. The largest absolute Gasteiger partial charge is 0.282 e. The quantitative estimate of drug-likeness (QED) is 0.377. The van der Waals surface area contributed by atoms with Crippen LogP contribution in [0.1, 0.15) is 0 Å². The molecule has 2 aromatic carbocycles. The molecule has 0 N–H and O–H groups in total. The molecule has 0 heterocycles. The number of hydrogen-bond acceptors (Lipinski definition) is 4. The zero-order chi connectivity index (χ0) is 19.4. The molecule has 0 fully saturated rings. The average molecular weight is 398 g/mol. The summed E-state index contributed by atoms with van der Waals surface area (Å²) in [6.07, 6.45) is 1.87. The van der Waals surface area contributed by atoms with E-state index in [0.717, 1.165) is 36.4 Å². The maximum absolute atomic E-state index is 14.3. The van der Waals surface area contributed by atoms with Gasteiger partial charge in [0.25, 0.3) is 0 Å². The first-order chi connectivity index (χ1) is 12.3. The van der Waals surface area contributed by atoms with Gasteiger partial charge < -0.3 is 0 Å². The maximum Gasteiger partial charge on any atom is 0.216 e. The number of halogens is 4. The molecule has 0 amide bonds. The SMILES string of the molecule is C=CC(=O)Sc1cc(F)c(-c2cc(F)c(SC(=O)C=C)c(F)c2)c(F)c1. The van der Waals surface area contributed by atoms with E-state index in [1.54, 1.807) is 0 Å². The van der Waals surface area contributed by atoms with E-state index in [9.17, 15) is 27.2 Å². The second-order valence-electron chi connectivity index (χ2n) is 4.78. The van der Waals surface area contributed by atoms with Crippen molar-refractivity contribution in [3.05, 3.63) is 72.8 Å². The van der Waals surface area contributed by atoms with Gasteiger partial charge in [0.2, 0.25) is 10.2 Å². The van der Waals surface area contributed by atoms with Crippen molar-refractivity contribution < 1.29 is 27.2 Å². The molecule has 0 aliphatic heterocycles. The fourth-order valence-electron chi connectivity index (χ4n) is 1.99. The van der Waals surface area contributed by atoms with E-state index in [1.807, 2.05) is 0 Å². The second-order valence-corrected chi connectivity index (χ2v) is 6.87. The number of carbonyl (C=O) groups excluding carboxylic acids is 2. The molecule has 0 saturated heterocycles. The number of rotatable bonds is 5. The van der Waals surface area contributed by atoms with Crippen molar-refractivity contribution in [3.63, 3.8) is 0 Å². The minimum atomic E-state index is -1.14. The highest BCUT2D eigenvalue weighted by Gasteiger charge is 2.20. The lowest BCUT2D eigenvalue weighted by Gasteiger charge is -2.10. The van der Waals surface area contributed by atoms with Gasteiger partial charge in [0.1, 0.15) is 23.3 Å². The first-order valence-electron chi connectivity index (χ1n) is 6.93. The first-order valence-corrected chi connectivity index (χ1v) is 8.57. The Morgan fingerprint density at radius 1 is 0.769 bits per heavy atom. The molecule has 0 bridgehead atoms. The van der Waals surface area contributed by atoms with E-state index >= 15 is 0 Å². The molecule has 0 atom stereocenters. The number of benzene rings is 2. The molecule has 0 aliphatic carbocycles. The molecule has 134 valence electrons. The Bertz CT molecular complexity index is 879. The summed E-state index contributed by atoms with van der Waals surface area (Å²) in [5.74, 6) is -4.46. The highest BCUT2D eigenvalue weighted by molar-refractivity contribution is 8.14. The molecule has 0 saturated carbocycles. The van der Waals surface area contributed by atoms with E-state index in [4.69, 9.17) is 0 Å². The number of thioether (sulfide) groups is 2. The third-order valence-corrected chi connectivity index (χ3v) is 4.86. The molecular weight excluding hydrogens is 388 g/mol. The van der Waals surface area contributed by atoms with Gasteiger partial charge >= 0.3 is 0 Å². The van der Waals surface area contributed by atoms with Crippen molar-refractivity contribution in [3.8, 4) is 11.1 Å². The van der Waals surface area contributed by atoms with E-state index in [2.05, 4.69) is 13.2 Å². The molecule has 2 nitrogen and oxygen atoms in total. The molecule has 0 aromatic heterocycles. The number of carbonyl (C=O) groups is 2. The third kappa shape index (κ3) is 4.44. The van der Waals surface area contributed by atoms with Crippen LogP contribution in [0.15, 0.2) is 59.4 Å². The zero-order valence-corrected chi connectivity index (χ0v) is 14.7. The Morgan fingerprint density at radius 2 is 1.23 bits per heavy atom. The highest BCUT2D eigenvalue weighted by Crippen LogP contribution is 2.35. The molecule has 2 aromatic rings. The second kappa shape index (κ2) is 8.37. The van der Waals surface area contributed by atoms with Crippen LogP contribution in [0.5, 0.6) is 0 Å². The Balaban J connectivity index is 2.48. The van der Waals surface area contributed by atoms with Crippen LogP contribution in [0, 0.1) is 23.3 Å². The zero-order valence-electron chi connectivity index (χ0n) is 13.0. The summed E-state index contributed by atoms with van der Waals surface area (Å²) in [5, 5.41) is -1.19. The summed E-state index contributed by atoms with van der Waals surface area (Å²) in [6.45, 7) is 6.44. The van der Waals surface area contributed by atoms with Crippen LogP contribution in [0.25, 0.3) is 11.1 Å². The lowest BCUT2D eigenvalue weighted by Crippen LogP contribution is -1.97. The summed E-state index contributed by atoms with van der Waals surface area (Å²) in [5.41, 5.74) is -1.03. The minimum Gasteiger partial charge on any atom is -0.282 e. The van der Waals surface area contributed by atoms with Crippen LogP contribution in [0.2, 0.25) is 0 Å². The van der Waals surface area contributed by atoms with Crippen molar-refractivity contribution in [1.82, 2.24) is 0 Å². The summed E-state index contributed by atoms with van der Waals surface area (Å²) < 4.78 is 56.7. The van der Waals surface area contributed by atoms with Gasteiger partial charge in [-0.3, -0.25) is 9.59 Å². The van der Waals surface area contributed by atoms with Crippen LogP contribution in [-0.4, -0.2) is 10.2 Å². The normalized spacial score (nSPS) is 10.5. The van der Waals surface area contributed by atoms with Crippen molar-refractivity contribution in [2.75, 3.05) is 0 Å². The average Bonchev–Trinajstić information content (AvgIpc) is 2.57. The van der Waals surface area contributed by atoms with Gasteiger partial charge in [0.05, 0.1) is 10.5 Å². The minimum absolute atomic E-state index is 0.0154. The summed E-state index contributed by atoms with van der Waals surface area (Å²) in [6, 6.07) is 3.21. The topological polar surface area (TPSA) is 34.1 Å². The van der Waals surface area contributed by atoms with Crippen LogP contribution in [-0.2, 0) is 9.59 Å². The number of hydrogen-bond donors (Lipinski definition) is 0. The van der Waals surface area contributed by atoms with Gasteiger partial charge in [-0.05, 0) is 65.5 Å². The smallest absolute Gasteiger partial charge is 0.216 e. The van der Waals surface area contributed by atoms with Gasteiger partial charge in [-0.25, -0.2) is 17.6 Å². The lowest BCUT2D eigenvalue weighted by atomic mass is 10.0. The first kappa shape index (κ1) is 20.0. The van der Waals surface area contributed by atoms with E-state index < -0.39 is 44.0 Å². The van der Waals surface area contributed by atoms with Gasteiger partial charge in [0.15, 0.2) is 0 Å². The van der Waals surface area contributed by atoms with Gasteiger partial charge in [0, 0.05) is 4.90 Å². The van der Waals surface area contributed by atoms with E-state index in [-0.39, 0.29) is 22.2 Å². The van der Waals surface area contributed by atoms with Crippen molar-refractivity contribution >= 4 is 33.8 Å². The predicted octanol–water partition coefficient (Wildman–Crippen LogP) is 5.52. The van der Waals surface area contributed by atoms with Crippen LogP contribution in [0.3, 0.4) is 0 Å². The molecule has 0 spiro atoms. The van der Waals surface area contributed by atoms with E-state index in [0.29, 0.717) is 11.8 Å². The molecule has 8 heteroatoms. The third-order valence-electron chi connectivity index (χ3n) is 3.06. The molecule has 0 unspecified atom stereocenters.